The first-order chi connectivity index (χ1) is 12.4. The van der Waals surface area contributed by atoms with Gasteiger partial charge in [-0.2, -0.15) is 10.4 Å². The lowest BCUT2D eigenvalue weighted by Crippen LogP contribution is -2.38. The van der Waals surface area contributed by atoms with Crippen molar-refractivity contribution in [2.75, 3.05) is 5.32 Å². The van der Waals surface area contributed by atoms with Crippen molar-refractivity contribution >= 4 is 23.2 Å². The van der Waals surface area contributed by atoms with Gasteiger partial charge in [0, 0.05) is 24.7 Å². The second-order valence-electron chi connectivity index (χ2n) is 6.43. The number of nitrogens with one attached hydrogen (secondary N) is 1. The van der Waals surface area contributed by atoms with E-state index in [1.165, 1.54) is 30.5 Å². The molecule has 1 fully saturated rings. The predicted molar refractivity (Wildman–Crippen MR) is 92.1 cm³/mol. The Hall–Kier alpha value is -3.21. The molecule has 1 aliphatic rings. The van der Waals surface area contributed by atoms with Gasteiger partial charge < -0.3 is 11.1 Å². The Morgan fingerprint density at radius 3 is 2.58 bits per heavy atom. The number of anilines is 2. The quantitative estimate of drug-likeness (QED) is 0.856. The summed E-state index contributed by atoms with van der Waals surface area (Å²) in [5, 5.41) is 16.6. The number of hydrogen-bond donors (Lipinski definition) is 2. The summed E-state index contributed by atoms with van der Waals surface area (Å²) in [6.45, 7) is 0. The number of hydrogen-bond acceptors (Lipinski definition) is 5. The van der Waals surface area contributed by atoms with Gasteiger partial charge in [0.25, 0.3) is 5.91 Å². The van der Waals surface area contributed by atoms with Gasteiger partial charge in [0.1, 0.15) is 17.2 Å². The van der Waals surface area contributed by atoms with Crippen LogP contribution in [0.2, 0.25) is 0 Å². The third-order valence-corrected chi connectivity index (χ3v) is 4.72. The topological polar surface area (TPSA) is 114 Å². The molecule has 1 heterocycles. The molecule has 134 valence electrons. The fourth-order valence-corrected chi connectivity index (χ4v) is 3.19. The second kappa shape index (κ2) is 6.96. The lowest BCUT2D eigenvalue weighted by molar-refractivity contribution is -0.122. The molecule has 0 saturated heterocycles. The summed E-state index contributed by atoms with van der Waals surface area (Å²) in [6, 6.07) is 7.76. The van der Waals surface area contributed by atoms with Crippen molar-refractivity contribution in [1.82, 2.24) is 9.78 Å². The maximum Gasteiger partial charge on any atom is 0.254 e. The fourth-order valence-electron chi connectivity index (χ4n) is 3.19. The van der Waals surface area contributed by atoms with E-state index in [1.807, 2.05) is 0 Å². The molecule has 0 spiro atoms. The fraction of sp³-hybridized carbons (Fsp3) is 0.333. The van der Waals surface area contributed by atoms with Crippen molar-refractivity contribution in [2.45, 2.75) is 37.6 Å². The minimum Gasteiger partial charge on any atom is -0.365 e. The van der Waals surface area contributed by atoms with E-state index in [4.69, 9.17) is 5.73 Å². The van der Waals surface area contributed by atoms with Gasteiger partial charge in [-0.25, -0.2) is 4.39 Å². The van der Waals surface area contributed by atoms with E-state index < -0.39 is 11.4 Å². The number of benzene rings is 1. The summed E-state index contributed by atoms with van der Waals surface area (Å²) in [5.74, 6) is -0.653. The van der Waals surface area contributed by atoms with Crippen LogP contribution in [0.4, 0.5) is 15.9 Å². The third-order valence-electron chi connectivity index (χ3n) is 4.72. The van der Waals surface area contributed by atoms with Crippen molar-refractivity contribution in [3.8, 4) is 6.07 Å². The minimum absolute atomic E-state index is 0.158. The number of ketones is 1. The summed E-state index contributed by atoms with van der Waals surface area (Å²) in [5.41, 5.74) is 5.54. The first-order valence-electron chi connectivity index (χ1n) is 8.25. The van der Waals surface area contributed by atoms with Crippen molar-refractivity contribution in [2.24, 2.45) is 5.73 Å². The average molecular weight is 355 g/mol. The number of Topliss-reactive ketones (excluding diaryl/α,β-unsaturated/α-hetero) is 1. The number of nitriles is 1. The van der Waals surface area contributed by atoms with Gasteiger partial charge in [0.2, 0.25) is 0 Å². The van der Waals surface area contributed by atoms with Crippen LogP contribution in [0.25, 0.3) is 0 Å². The Balaban J connectivity index is 1.97. The van der Waals surface area contributed by atoms with Gasteiger partial charge in [-0.1, -0.05) is 0 Å². The SMILES string of the molecule is N#CCC1(n2cc(C(N)=O)c(Nc3ccc(F)cc3)n2)CCC(=O)CC1. The van der Waals surface area contributed by atoms with Crippen LogP contribution in [0.1, 0.15) is 42.5 Å². The van der Waals surface area contributed by atoms with E-state index >= 15 is 0 Å². The van der Waals surface area contributed by atoms with Gasteiger partial charge in [-0.05, 0) is 37.1 Å². The van der Waals surface area contributed by atoms with Crippen LogP contribution >= 0.6 is 0 Å². The molecule has 3 rings (SSSR count). The van der Waals surface area contributed by atoms with Crippen LogP contribution in [0.15, 0.2) is 30.5 Å². The molecule has 1 aromatic carbocycles. The van der Waals surface area contributed by atoms with E-state index in [1.54, 1.807) is 4.68 Å². The normalized spacial score (nSPS) is 16.1. The minimum atomic E-state index is -0.667. The number of rotatable bonds is 5. The van der Waals surface area contributed by atoms with Gasteiger partial charge in [-0.15, -0.1) is 0 Å². The third kappa shape index (κ3) is 3.42. The molecular weight excluding hydrogens is 337 g/mol. The Labute approximate surface area is 149 Å². The Morgan fingerprint density at radius 2 is 2.00 bits per heavy atom. The first kappa shape index (κ1) is 17.6. The van der Waals surface area contributed by atoms with E-state index in [0.29, 0.717) is 31.4 Å². The van der Waals surface area contributed by atoms with Gasteiger partial charge in [-0.3, -0.25) is 14.3 Å². The van der Waals surface area contributed by atoms with E-state index in [2.05, 4.69) is 16.5 Å². The van der Waals surface area contributed by atoms with Crippen LogP contribution in [-0.4, -0.2) is 21.5 Å². The monoisotopic (exact) mass is 355 g/mol. The van der Waals surface area contributed by atoms with Gasteiger partial charge >= 0.3 is 0 Å². The standard InChI is InChI=1S/C18H18FN5O2/c19-12-1-3-13(4-2-12)22-17-15(16(21)26)11-24(23-17)18(9-10-20)7-5-14(25)6-8-18/h1-4,11H,5-9H2,(H2,21,26)(H,22,23). The van der Waals surface area contributed by atoms with Crippen LogP contribution < -0.4 is 11.1 Å². The van der Waals surface area contributed by atoms with Crippen LogP contribution in [0, 0.1) is 17.1 Å². The number of primary amides is 1. The Bertz CT molecular complexity index is 872. The summed E-state index contributed by atoms with van der Waals surface area (Å²) < 4.78 is 14.6. The second-order valence-corrected chi connectivity index (χ2v) is 6.43. The molecular formula is C18H18FN5O2. The number of carbonyl (C=O) groups excluding carboxylic acids is 2. The van der Waals surface area contributed by atoms with Gasteiger partial charge in [0.15, 0.2) is 5.82 Å². The molecule has 1 aliphatic carbocycles. The van der Waals surface area contributed by atoms with E-state index in [9.17, 15) is 19.2 Å². The number of nitrogens with two attached hydrogens (primary N) is 1. The summed E-state index contributed by atoms with van der Waals surface area (Å²) >= 11 is 0. The zero-order valence-corrected chi connectivity index (χ0v) is 14.0. The Kier molecular flexibility index (Phi) is 4.71. The molecule has 1 amide bonds. The Morgan fingerprint density at radius 1 is 1.35 bits per heavy atom. The molecule has 0 radical (unpaired) electrons. The number of aromatic nitrogens is 2. The maximum absolute atomic E-state index is 13.1. The van der Waals surface area contributed by atoms with Crippen LogP contribution in [-0.2, 0) is 10.3 Å². The highest BCUT2D eigenvalue weighted by Gasteiger charge is 2.38. The smallest absolute Gasteiger partial charge is 0.254 e. The van der Waals surface area contributed by atoms with Crippen molar-refractivity contribution in [1.29, 1.82) is 5.26 Å². The highest BCUT2D eigenvalue weighted by molar-refractivity contribution is 5.98. The molecule has 8 heteroatoms. The van der Waals surface area contributed by atoms with Crippen LogP contribution in [0.5, 0.6) is 0 Å². The van der Waals surface area contributed by atoms with Crippen molar-refractivity contribution in [3.05, 3.63) is 41.8 Å². The molecule has 0 atom stereocenters. The predicted octanol–water partition coefficient (Wildman–Crippen LogP) is 2.62. The zero-order chi connectivity index (χ0) is 18.7. The maximum atomic E-state index is 13.1. The number of carbonyl (C=O) groups is 2. The molecule has 1 aromatic heterocycles. The van der Waals surface area contributed by atoms with Crippen molar-refractivity contribution < 1.29 is 14.0 Å². The molecule has 0 aliphatic heterocycles. The zero-order valence-electron chi connectivity index (χ0n) is 14.0. The molecule has 2 aromatic rings. The summed E-state index contributed by atoms with van der Waals surface area (Å²) in [6.07, 6.45) is 3.39. The lowest BCUT2D eigenvalue weighted by atomic mass is 9.79. The van der Waals surface area contributed by atoms with E-state index in [0.717, 1.165) is 0 Å². The summed E-state index contributed by atoms with van der Waals surface area (Å²) in [7, 11) is 0. The number of nitrogens with zero attached hydrogens (tertiary/aromatic N) is 3. The molecule has 1 saturated carbocycles. The molecule has 7 nitrogen and oxygen atoms in total. The first-order valence-corrected chi connectivity index (χ1v) is 8.25. The van der Waals surface area contributed by atoms with Crippen LogP contribution in [0.3, 0.4) is 0 Å². The van der Waals surface area contributed by atoms with Gasteiger partial charge in [0.05, 0.1) is 18.0 Å². The molecule has 0 unspecified atom stereocenters. The number of halogens is 1. The lowest BCUT2D eigenvalue weighted by Gasteiger charge is -2.35. The van der Waals surface area contributed by atoms with E-state index in [-0.39, 0.29) is 29.4 Å². The molecule has 26 heavy (non-hydrogen) atoms. The molecule has 0 bridgehead atoms. The highest BCUT2D eigenvalue weighted by atomic mass is 19.1. The highest BCUT2D eigenvalue weighted by Crippen LogP contribution is 2.37. The molecule has 3 N–H and O–H groups in total. The summed E-state index contributed by atoms with van der Waals surface area (Å²) in [4.78, 5) is 23.4. The average Bonchev–Trinajstić information content (AvgIpc) is 3.04. The van der Waals surface area contributed by atoms with Crippen molar-refractivity contribution in [3.63, 3.8) is 0 Å². The largest absolute Gasteiger partial charge is 0.365 e. The number of amides is 1.